The third-order valence-electron chi connectivity index (χ3n) is 3.99. The topological polar surface area (TPSA) is 86.7 Å². The van der Waals surface area contributed by atoms with Crippen molar-refractivity contribution in [1.82, 2.24) is 9.03 Å². The summed E-state index contributed by atoms with van der Waals surface area (Å²) in [5, 5.41) is 8.60. The minimum Gasteiger partial charge on any atom is -0.481 e. The second kappa shape index (κ2) is 7.95. The molecule has 0 radical (unpaired) electrons. The quantitative estimate of drug-likeness (QED) is 0.699. The van der Waals surface area contributed by atoms with Crippen LogP contribution in [0.4, 0.5) is 0 Å². The van der Waals surface area contributed by atoms with Crippen LogP contribution >= 0.6 is 0 Å². The van der Waals surface area contributed by atoms with Gasteiger partial charge in [0.1, 0.15) is 0 Å². The van der Waals surface area contributed by atoms with E-state index in [1.807, 2.05) is 6.92 Å². The standard InChI is InChI=1S/C13H26N2O4S/c1-11(12-7-5-3-4-6-8-12)14-20(18,19)15(2)10-9-13(16)17/h11-12,14H,3-10H2,1-2H3,(H,16,17)/t11-/m0/s1. The average molecular weight is 306 g/mol. The molecule has 0 spiro atoms. The van der Waals surface area contributed by atoms with Crippen LogP contribution in [-0.4, -0.2) is 43.4 Å². The van der Waals surface area contributed by atoms with E-state index in [9.17, 15) is 13.2 Å². The van der Waals surface area contributed by atoms with E-state index in [1.54, 1.807) is 0 Å². The number of carbonyl (C=O) groups is 1. The van der Waals surface area contributed by atoms with Crippen LogP contribution in [0.25, 0.3) is 0 Å². The number of nitrogens with one attached hydrogen (secondary N) is 1. The molecule has 0 bridgehead atoms. The molecule has 0 aromatic heterocycles. The van der Waals surface area contributed by atoms with Crippen LogP contribution in [0.3, 0.4) is 0 Å². The summed E-state index contributed by atoms with van der Waals surface area (Å²) in [4.78, 5) is 10.5. The van der Waals surface area contributed by atoms with Crippen molar-refractivity contribution in [3.05, 3.63) is 0 Å². The first-order chi connectivity index (χ1) is 9.33. The molecule has 1 rings (SSSR count). The van der Waals surface area contributed by atoms with E-state index in [-0.39, 0.29) is 19.0 Å². The maximum Gasteiger partial charge on any atom is 0.304 e. The number of rotatable bonds is 7. The second-order valence-electron chi connectivity index (χ2n) is 5.63. The lowest BCUT2D eigenvalue weighted by Crippen LogP contribution is -2.45. The Hall–Kier alpha value is -0.660. The van der Waals surface area contributed by atoms with E-state index in [2.05, 4.69) is 4.72 Å². The first-order valence-electron chi connectivity index (χ1n) is 7.28. The maximum atomic E-state index is 12.1. The lowest BCUT2D eigenvalue weighted by Gasteiger charge is -2.26. The lowest BCUT2D eigenvalue weighted by molar-refractivity contribution is -0.137. The Kier molecular flexibility index (Phi) is 6.91. The average Bonchev–Trinajstić information content (AvgIpc) is 2.63. The summed E-state index contributed by atoms with van der Waals surface area (Å²) in [6.07, 6.45) is 6.71. The highest BCUT2D eigenvalue weighted by Gasteiger charge is 2.26. The van der Waals surface area contributed by atoms with E-state index in [0.717, 1.165) is 30.0 Å². The summed E-state index contributed by atoms with van der Waals surface area (Å²) in [7, 11) is -2.19. The van der Waals surface area contributed by atoms with E-state index in [1.165, 1.54) is 19.9 Å². The molecular formula is C13H26N2O4S. The molecule has 1 aliphatic rings. The van der Waals surface area contributed by atoms with Gasteiger partial charge in [-0.05, 0) is 25.7 Å². The molecule has 0 aromatic carbocycles. The van der Waals surface area contributed by atoms with Crippen LogP contribution in [0.15, 0.2) is 0 Å². The Labute approximate surface area is 121 Å². The third kappa shape index (κ3) is 5.76. The van der Waals surface area contributed by atoms with Gasteiger partial charge in [0.2, 0.25) is 0 Å². The molecule has 2 N–H and O–H groups in total. The van der Waals surface area contributed by atoms with Crippen LogP contribution in [0.2, 0.25) is 0 Å². The van der Waals surface area contributed by atoms with Crippen molar-refractivity contribution in [2.24, 2.45) is 5.92 Å². The molecular weight excluding hydrogens is 280 g/mol. The zero-order chi connectivity index (χ0) is 15.2. The first-order valence-corrected chi connectivity index (χ1v) is 8.72. The Morgan fingerprint density at radius 1 is 1.30 bits per heavy atom. The zero-order valence-electron chi connectivity index (χ0n) is 12.3. The number of carboxylic acid groups (broad SMARTS) is 1. The molecule has 6 nitrogen and oxygen atoms in total. The summed E-state index contributed by atoms with van der Waals surface area (Å²) in [5.74, 6) is -0.621. The van der Waals surface area contributed by atoms with Gasteiger partial charge in [-0.15, -0.1) is 0 Å². The van der Waals surface area contributed by atoms with Gasteiger partial charge in [0.25, 0.3) is 10.2 Å². The zero-order valence-corrected chi connectivity index (χ0v) is 13.2. The monoisotopic (exact) mass is 306 g/mol. The molecule has 0 saturated heterocycles. The van der Waals surface area contributed by atoms with Gasteiger partial charge in [-0.3, -0.25) is 4.79 Å². The normalized spacial score (nSPS) is 19.8. The fraction of sp³-hybridized carbons (Fsp3) is 0.923. The minimum atomic E-state index is -3.60. The van der Waals surface area contributed by atoms with E-state index < -0.39 is 16.2 Å². The smallest absolute Gasteiger partial charge is 0.304 e. The molecule has 1 atom stereocenters. The third-order valence-corrected chi connectivity index (χ3v) is 5.67. The molecule has 0 unspecified atom stereocenters. The predicted octanol–water partition coefficient (Wildman–Crippen LogP) is 1.59. The van der Waals surface area contributed by atoms with E-state index in [4.69, 9.17) is 5.11 Å². The number of carboxylic acids is 1. The van der Waals surface area contributed by atoms with Crippen LogP contribution in [0.1, 0.15) is 51.9 Å². The van der Waals surface area contributed by atoms with E-state index >= 15 is 0 Å². The van der Waals surface area contributed by atoms with Gasteiger partial charge in [0.05, 0.1) is 6.42 Å². The van der Waals surface area contributed by atoms with Gasteiger partial charge in [-0.25, -0.2) is 0 Å². The Morgan fingerprint density at radius 3 is 2.35 bits per heavy atom. The van der Waals surface area contributed by atoms with Crippen LogP contribution in [0.5, 0.6) is 0 Å². The van der Waals surface area contributed by atoms with E-state index in [0.29, 0.717) is 5.92 Å². The van der Waals surface area contributed by atoms with Crippen LogP contribution in [-0.2, 0) is 15.0 Å². The number of hydrogen-bond donors (Lipinski definition) is 2. The molecule has 1 fully saturated rings. The second-order valence-corrected chi connectivity index (χ2v) is 7.44. The molecule has 0 aromatic rings. The maximum absolute atomic E-state index is 12.1. The largest absolute Gasteiger partial charge is 0.481 e. The van der Waals surface area contributed by atoms with Crippen molar-refractivity contribution in [3.8, 4) is 0 Å². The molecule has 0 amide bonds. The molecule has 1 saturated carbocycles. The number of aliphatic carboxylic acids is 1. The molecule has 118 valence electrons. The number of hydrogen-bond acceptors (Lipinski definition) is 3. The Morgan fingerprint density at radius 2 is 1.85 bits per heavy atom. The van der Waals surface area contributed by atoms with Gasteiger partial charge in [0.15, 0.2) is 0 Å². The van der Waals surface area contributed by atoms with Crippen LogP contribution < -0.4 is 4.72 Å². The summed E-state index contributed by atoms with van der Waals surface area (Å²) >= 11 is 0. The molecule has 0 aliphatic heterocycles. The summed E-state index contributed by atoms with van der Waals surface area (Å²) in [6.45, 7) is 1.89. The van der Waals surface area contributed by atoms with Gasteiger partial charge >= 0.3 is 5.97 Å². The molecule has 7 heteroatoms. The van der Waals surface area contributed by atoms with Crippen molar-refractivity contribution < 1.29 is 18.3 Å². The van der Waals surface area contributed by atoms with Crippen LogP contribution in [0, 0.1) is 5.92 Å². The summed E-state index contributed by atoms with van der Waals surface area (Å²) < 4.78 is 28.0. The lowest BCUT2D eigenvalue weighted by atomic mass is 9.94. The summed E-state index contributed by atoms with van der Waals surface area (Å²) in [6, 6.07) is -0.106. The predicted molar refractivity (Wildman–Crippen MR) is 77.6 cm³/mol. The first kappa shape index (κ1) is 17.4. The Bertz CT molecular complexity index is 403. The Balaban J connectivity index is 2.52. The van der Waals surface area contributed by atoms with Crippen molar-refractivity contribution >= 4 is 16.2 Å². The van der Waals surface area contributed by atoms with Crippen molar-refractivity contribution in [2.45, 2.75) is 57.9 Å². The summed E-state index contributed by atoms with van der Waals surface area (Å²) in [5.41, 5.74) is 0. The van der Waals surface area contributed by atoms with Gasteiger partial charge in [-0.2, -0.15) is 17.4 Å². The highest BCUT2D eigenvalue weighted by molar-refractivity contribution is 7.87. The highest BCUT2D eigenvalue weighted by atomic mass is 32.2. The van der Waals surface area contributed by atoms with Crippen molar-refractivity contribution in [2.75, 3.05) is 13.6 Å². The highest BCUT2D eigenvalue weighted by Crippen LogP contribution is 2.25. The SMILES string of the molecule is C[C@H](NS(=O)(=O)N(C)CCC(=O)O)C1CCCCCC1. The molecule has 20 heavy (non-hydrogen) atoms. The van der Waals surface area contributed by atoms with Crippen molar-refractivity contribution in [3.63, 3.8) is 0 Å². The van der Waals surface area contributed by atoms with Gasteiger partial charge < -0.3 is 5.11 Å². The fourth-order valence-corrected chi connectivity index (χ4v) is 3.78. The van der Waals surface area contributed by atoms with Gasteiger partial charge in [-0.1, -0.05) is 25.7 Å². The minimum absolute atomic E-state index is 0.0119. The number of nitrogens with zero attached hydrogens (tertiary/aromatic N) is 1. The molecule has 1 aliphatic carbocycles. The fourth-order valence-electron chi connectivity index (χ4n) is 2.61. The van der Waals surface area contributed by atoms with Crippen molar-refractivity contribution in [1.29, 1.82) is 0 Å². The molecule has 0 heterocycles. The van der Waals surface area contributed by atoms with Gasteiger partial charge in [0, 0.05) is 19.6 Å².